The maximum Gasteiger partial charge on any atom is 0.255 e. The fourth-order valence-electron chi connectivity index (χ4n) is 4.04. The molecular weight excluding hydrogens is 440 g/mol. The van der Waals surface area contributed by atoms with E-state index in [9.17, 15) is 8.78 Å². The Balaban J connectivity index is 1.64. The molecule has 0 saturated heterocycles. The van der Waals surface area contributed by atoms with Crippen LogP contribution >= 0.6 is 0 Å². The summed E-state index contributed by atoms with van der Waals surface area (Å²) in [5.41, 5.74) is 13.7. The molecule has 2 atom stereocenters. The van der Waals surface area contributed by atoms with Crippen LogP contribution in [-0.2, 0) is 0 Å². The van der Waals surface area contributed by atoms with Gasteiger partial charge in [0.25, 0.3) is 5.92 Å². The summed E-state index contributed by atoms with van der Waals surface area (Å²) in [5, 5.41) is 6.41. The third-order valence-electron chi connectivity index (χ3n) is 5.84. The van der Waals surface area contributed by atoms with Gasteiger partial charge in [-0.1, -0.05) is 6.08 Å². The lowest BCUT2D eigenvalue weighted by molar-refractivity contribution is -0.0454. The first-order chi connectivity index (χ1) is 16.1. The molecule has 4 heterocycles. The minimum absolute atomic E-state index is 0.407. The van der Waals surface area contributed by atoms with E-state index in [1.165, 1.54) is 19.2 Å². The molecular formula is C24H29F2N7O. The normalized spacial score (nSPS) is 24.2. The van der Waals surface area contributed by atoms with Gasteiger partial charge in [-0.2, -0.15) is 5.10 Å². The molecule has 0 fully saturated rings. The zero-order valence-corrected chi connectivity index (χ0v) is 19.5. The molecule has 0 spiro atoms. The Morgan fingerprint density at radius 1 is 1.32 bits per heavy atom. The van der Waals surface area contributed by atoms with Gasteiger partial charge in [0, 0.05) is 36.5 Å². The molecule has 8 nitrogen and oxygen atoms in total. The van der Waals surface area contributed by atoms with Crippen LogP contribution in [0.4, 0.5) is 8.78 Å². The van der Waals surface area contributed by atoms with Gasteiger partial charge in [-0.25, -0.2) is 18.8 Å². The number of nitrogens with zero attached hydrogens (tertiary/aromatic N) is 5. The largest absolute Gasteiger partial charge is 0.478 e. The van der Waals surface area contributed by atoms with Crippen molar-refractivity contribution in [2.45, 2.75) is 38.8 Å². The average molecular weight is 470 g/mol. The van der Waals surface area contributed by atoms with Gasteiger partial charge in [-0.3, -0.25) is 9.98 Å². The zero-order chi connectivity index (χ0) is 24.5. The number of aromatic nitrogens is 1. The van der Waals surface area contributed by atoms with Crippen molar-refractivity contribution >= 4 is 17.8 Å². The first-order valence-electron chi connectivity index (χ1n) is 11.2. The quantitative estimate of drug-likeness (QED) is 0.596. The molecule has 0 saturated carbocycles. The molecule has 0 bridgehead atoms. The number of alkyl halides is 2. The number of hydrogen-bond acceptors (Lipinski definition) is 8. The van der Waals surface area contributed by atoms with Crippen molar-refractivity contribution in [3.8, 4) is 5.88 Å². The van der Waals surface area contributed by atoms with E-state index in [2.05, 4.69) is 15.0 Å². The predicted octanol–water partition coefficient (Wildman–Crippen LogP) is 2.95. The van der Waals surface area contributed by atoms with Crippen molar-refractivity contribution < 1.29 is 13.5 Å². The number of aryl methyl sites for hydroxylation is 1. The first-order valence-corrected chi connectivity index (χ1v) is 11.2. The van der Waals surface area contributed by atoms with E-state index >= 15 is 0 Å². The SMILES string of the molecule is Cc1cc(OCCCN)ncc1C1=NN2C(C3=CC(C(C)(F)F)C(C)(N)N=C3)=CCN=C2C=C1. The molecule has 4 rings (SSSR count). The van der Waals surface area contributed by atoms with E-state index in [1.807, 2.05) is 31.2 Å². The third kappa shape index (κ3) is 4.83. The van der Waals surface area contributed by atoms with Crippen molar-refractivity contribution in [2.24, 2.45) is 32.5 Å². The van der Waals surface area contributed by atoms with Crippen molar-refractivity contribution in [2.75, 3.05) is 19.7 Å². The lowest BCUT2D eigenvalue weighted by Gasteiger charge is -2.37. The Bertz CT molecular complexity index is 1140. The van der Waals surface area contributed by atoms with Crippen molar-refractivity contribution in [1.29, 1.82) is 0 Å². The highest BCUT2D eigenvalue weighted by Gasteiger charge is 2.46. The smallest absolute Gasteiger partial charge is 0.255 e. The number of hydrazone groups is 1. The number of hydrogen-bond donors (Lipinski definition) is 2. The molecule has 4 N–H and O–H groups in total. The number of fused-ring (bicyclic) bond motifs is 1. The van der Waals surface area contributed by atoms with E-state index in [0.29, 0.717) is 48.4 Å². The molecule has 1 aromatic heterocycles. The molecule has 2 unspecified atom stereocenters. The second-order valence-corrected chi connectivity index (χ2v) is 8.79. The number of rotatable bonds is 7. The summed E-state index contributed by atoms with van der Waals surface area (Å²) in [6, 6.07) is 1.85. The van der Waals surface area contributed by atoms with Gasteiger partial charge in [0.05, 0.1) is 30.5 Å². The van der Waals surface area contributed by atoms with Crippen LogP contribution in [0.25, 0.3) is 0 Å². The monoisotopic (exact) mass is 469 g/mol. The van der Waals surface area contributed by atoms with E-state index in [1.54, 1.807) is 11.2 Å². The van der Waals surface area contributed by atoms with Crippen LogP contribution in [0.2, 0.25) is 0 Å². The Kier molecular flexibility index (Phi) is 6.46. The summed E-state index contributed by atoms with van der Waals surface area (Å²) in [6.07, 6.45) is 11.0. The van der Waals surface area contributed by atoms with E-state index in [4.69, 9.17) is 21.3 Å². The summed E-state index contributed by atoms with van der Waals surface area (Å²) in [4.78, 5) is 13.1. The summed E-state index contributed by atoms with van der Waals surface area (Å²) < 4.78 is 34.3. The molecule has 1 aromatic rings. The summed E-state index contributed by atoms with van der Waals surface area (Å²) >= 11 is 0. The molecule has 10 heteroatoms. The number of halogens is 2. The fraction of sp³-hybridized carbons (Fsp3) is 0.417. The van der Waals surface area contributed by atoms with Gasteiger partial charge >= 0.3 is 0 Å². The molecule has 0 aliphatic carbocycles. The predicted molar refractivity (Wildman–Crippen MR) is 129 cm³/mol. The maximum absolute atomic E-state index is 14.3. The first kappa shape index (κ1) is 23.9. The van der Waals surface area contributed by atoms with E-state index in [-0.39, 0.29) is 0 Å². The number of nitrogens with two attached hydrogens (primary N) is 2. The highest BCUT2D eigenvalue weighted by molar-refractivity contribution is 6.15. The maximum atomic E-state index is 14.3. The van der Waals surface area contributed by atoms with Gasteiger partial charge in [0.15, 0.2) is 0 Å². The number of pyridine rings is 1. The lowest BCUT2D eigenvalue weighted by Crippen LogP contribution is -2.50. The van der Waals surface area contributed by atoms with E-state index in [0.717, 1.165) is 24.5 Å². The van der Waals surface area contributed by atoms with Crippen LogP contribution in [0.15, 0.2) is 62.9 Å². The zero-order valence-electron chi connectivity index (χ0n) is 19.5. The summed E-state index contributed by atoms with van der Waals surface area (Å²) in [6.45, 7) is 5.77. The second-order valence-electron chi connectivity index (χ2n) is 8.79. The molecule has 3 aliphatic rings. The van der Waals surface area contributed by atoms with Crippen molar-refractivity contribution in [3.63, 3.8) is 0 Å². The molecule has 0 radical (unpaired) electrons. The van der Waals surface area contributed by atoms with Crippen LogP contribution in [0.1, 0.15) is 31.4 Å². The van der Waals surface area contributed by atoms with Gasteiger partial charge in [-0.05, 0) is 50.6 Å². The number of dihydropyridines is 1. The average Bonchev–Trinajstić information content (AvgIpc) is 2.78. The molecule has 180 valence electrons. The number of ether oxygens (including phenoxy) is 1. The minimum atomic E-state index is -3.04. The molecule has 0 aromatic carbocycles. The van der Waals surface area contributed by atoms with Gasteiger partial charge in [-0.15, -0.1) is 0 Å². The molecule has 34 heavy (non-hydrogen) atoms. The molecule has 0 amide bonds. The number of aliphatic imine (C=N–C) groups is 2. The van der Waals surface area contributed by atoms with Crippen LogP contribution in [0.3, 0.4) is 0 Å². The second kappa shape index (κ2) is 9.19. The van der Waals surface area contributed by atoms with Crippen molar-refractivity contribution in [3.05, 3.63) is 59.0 Å². The van der Waals surface area contributed by atoms with Crippen molar-refractivity contribution in [1.82, 2.24) is 9.99 Å². The van der Waals surface area contributed by atoms with E-state index < -0.39 is 17.5 Å². The van der Waals surface area contributed by atoms with Crippen LogP contribution in [-0.4, -0.2) is 59.0 Å². The van der Waals surface area contributed by atoms with Crippen LogP contribution < -0.4 is 16.2 Å². The molecule has 3 aliphatic heterocycles. The van der Waals surface area contributed by atoms with Gasteiger partial charge < -0.3 is 16.2 Å². The lowest BCUT2D eigenvalue weighted by atomic mass is 9.85. The Morgan fingerprint density at radius 2 is 2.12 bits per heavy atom. The summed E-state index contributed by atoms with van der Waals surface area (Å²) in [7, 11) is 0. The number of amidine groups is 1. The Labute approximate surface area is 197 Å². The Hall–Kier alpha value is -3.24. The standard InChI is InChI=1S/C24H29F2N7O/c1-15-11-22(34-10-4-8-27)30-14-17(15)18-5-6-21-29-9-7-19(33(21)32-18)16-12-20(23(2,25)26)24(3,28)31-13-16/h5-7,11-14,20H,4,8-10,27-28H2,1-3H3. The highest BCUT2D eigenvalue weighted by Crippen LogP contribution is 2.38. The Morgan fingerprint density at radius 3 is 2.82 bits per heavy atom. The van der Waals surface area contributed by atoms with Gasteiger partial charge in [0.2, 0.25) is 5.88 Å². The van der Waals surface area contributed by atoms with Crippen LogP contribution in [0.5, 0.6) is 5.88 Å². The van der Waals surface area contributed by atoms with Crippen LogP contribution in [0, 0.1) is 12.8 Å². The number of allylic oxidation sites excluding steroid dienone is 2. The van der Waals surface area contributed by atoms with Gasteiger partial charge in [0.1, 0.15) is 11.5 Å². The minimum Gasteiger partial charge on any atom is -0.478 e. The highest BCUT2D eigenvalue weighted by atomic mass is 19.3. The summed E-state index contributed by atoms with van der Waals surface area (Å²) in [5.74, 6) is -3.16. The topological polar surface area (TPSA) is 114 Å². The fourth-order valence-corrected chi connectivity index (χ4v) is 4.04. The third-order valence-corrected chi connectivity index (χ3v) is 5.84.